The molecule has 0 fully saturated rings. The molecule has 0 saturated heterocycles. The Morgan fingerprint density at radius 1 is 1.10 bits per heavy atom. The summed E-state index contributed by atoms with van der Waals surface area (Å²) < 4.78 is 8.68. The van der Waals surface area contributed by atoms with Crippen molar-refractivity contribution in [1.82, 2.24) is 19.6 Å². The molecule has 0 aliphatic rings. The summed E-state index contributed by atoms with van der Waals surface area (Å²) in [6, 6.07) is 17.0. The minimum atomic E-state index is -0.0628. The number of fused-ring (bicyclic) bond motifs is 3. The Kier molecular flexibility index (Phi) is 5.11. The number of nitrogens with one attached hydrogen (secondary N) is 1. The lowest BCUT2D eigenvalue weighted by atomic mass is 10.3. The maximum absolute atomic E-state index is 12.6. The number of hydrogen-bond donors (Lipinski definition) is 1. The zero-order valence-corrected chi connectivity index (χ0v) is 18.2. The number of para-hydroxylation sites is 1. The van der Waals surface area contributed by atoms with Gasteiger partial charge in [-0.15, -0.1) is 10.2 Å². The lowest BCUT2D eigenvalue weighted by molar-refractivity contribution is 0.415. The van der Waals surface area contributed by atoms with Crippen molar-refractivity contribution in [1.29, 1.82) is 0 Å². The van der Waals surface area contributed by atoms with E-state index in [0.717, 1.165) is 31.7 Å². The zero-order valence-electron chi connectivity index (χ0n) is 15.7. The lowest BCUT2D eigenvalue weighted by Gasteiger charge is -2.03. The standard InChI is InChI=1S/C20H15N5O2S3/c1-27-14-8-6-12(7-9-14)21-18-23-24-20(30-18)28-11-13-10-17(26)25-15-4-2-3-5-16(15)29-19(25)22-13/h2-10H,11H2,1H3,(H,21,23). The van der Waals surface area contributed by atoms with Gasteiger partial charge in [0.2, 0.25) is 5.13 Å². The molecule has 0 aliphatic heterocycles. The van der Waals surface area contributed by atoms with Crippen molar-refractivity contribution in [2.24, 2.45) is 0 Å². The summed E-state index contributed by atoms with van der Waals surface area (Å²) in [4.78, 5) is 18.0. The van der Waals surface area contributed by atoms with Gasteiger partial charge >= 0.3 is 0 Å². The number of rotatable bonds is 6. The molecule has 0 spiro atoms. The maximum atomic E-state index is 12.6. The lowest BCUT2D eigenvalue weighted by Crippen LogP contribution is -2.13. The Bertz CT molecular complexity index is 1390. The zero-order chi connectivity index (χ0) is 20.5. The van der Waals surface area contributed by atoms with E-state index in [-0.39, 0.29) is 5.56 Å². The molecule has 0 unspecified atom stereocenters. The second-order valence-corrected chi connectivity index (χ2v) is 9.50. The molecule has 10 heteroatoms. The van der Waals surface area contributed by atoms with Crippen molar-refractivity contribution < 1.29 is 4.74 Å². The number of thioether (sulfide) groups is 1. The molecule has 0 bridgehead atoms. The van der Waals surface area contributed by atoms with Crippen molar-refractivity contribution >= 4 is 60.4 Å². The van der Waals surface area contributed by atoms with Gasteiger partial charge in [0, 0.05) is 17.5 Å². The number of methoxy groups -OCH3 is 1. The monoisotopic (exact) mass is 453 g/mol. The molecule has 0 radical (unpaired) electrons. The number of aromatic nitrogens is 4. The molecule has 0 aliphatic carbocycles. The Hall–Kier alpha value is -2.95. The quantitative estimate of drug-likeness (QED) is 0.370. The number of anilines is 2. The Morgan fingerprint density at radius 3 is 2.77 bits per heavy atom. The first-order valence-electron chi connectivity index (χ1n) is 8.97. The molecular weight excluding hydrogens is 438 g/mol. The minimum absolute atomic E-state index is 0.0628. The highest BCUT2D eigenvalue weighted by molar-refractivity contribution is 8.00. The molecule has 7 nitrogen and oxygen atoms in total. The third-order valence-corrected chi connectivity index (χ3v) is 7.37. The Labute approximate surface area is 183 Å². The molecule has 5 rings (SSSR count). The van der Waals surface area contributed by atoms with Gasteiger partial charge in [-0.3, -0.25) is 9.20 Å². The normalized spacial score (nSPS) is 11.2. The molecular formula is C20H15N5O2S3. The molecule has 150 valence electrons. The van der Waals surface area contributed by atoms with Crippen LogP contribution in [0.4, 0.5) is 10.8 Å². The van der Waals surface area contributed by atoms with E-state index in [9.17, 15) is 4.79 Å². The summed E-state index contributed by atoms with van der Waals surface area (Å²) in [5, 5.41) is 12.3. The van der Waals surface area contributed by atoms with Crippen molar-refractivity contribution in [3.05, 3.63) is 70.6 Å². The summed E-state index contributed by atoms with van der Waals surface area (Å²) in [5.41, 5.74) is 2.48. The summed E-state index contributed by atoms with van der Waals surface area (Å²) in [7, 11) is 1.64. The molecule has 3 heterocycles. The summed E-state index contributed by atoms with van der Waals surface area (Å²) in [5.74, 6) is 1.35. The van der Waals surface area contributed by atoms with Gasteiger partial charge in [0.1, 0.15) is 5.75 Å². The van der Waals surface area contributed by atoms with Gasteiger partial charge in [-0.05, 0) is 36.4 Å². The summed E-state index contributed by atoms with van der Waals surface area (Å²) in [6.07, 6.45) is 0. The number of thiazole rings is 1. The van der Waals surface area contributed by atoms with Gasteiger partial charge in [0.25, 0.3) is 5.56 Å². The third-order valence-electron chi connectivity index (χ3n) is 4.34. The Morgan fingerprint density at radius 2 is 1.93 bits per heavy atom. The fourth-order valence-corrected chi connectivity index (χ4v) is 5.66. The number of hydrogen-bond acceptors (Lipinski definition) is 9. The second-order valence-electron chi connectivity index (χ2n) is 6.29. The van der Waals surface area contributed by atoms with Gasteiger partial charge in [0.05, 0.1) is 23.0 Å². The number of benzene rings is 2. The number of ether oxygens (including phenoxy) is 1. The van der Waals surface area contributed by atoms with E-state index in [2.05, 4.69) is 20.5 Å². The SMILES string of the molecule is COc1ccc(Nc2nnc(SCc3cc(=O)n4c(n3)sc3ccccc34)s2)cc1. The van der Waals surface area contributed by atoms with Crippen LogP contribution in [0.1, 0.15) is 5.69 Å². The summed E-state index contributed by atoms with van der Waals surface area (Å²) in [6.45, 7) is 0. The van der Waals surface area contributed by atoms with Crippen LogP contribution in [-0.2, 0) is 5.75 Å². The topological polar surface area (TPSA) is 81.4 Å². The van der Waals surface area contributed by atoms with Crippen LogP contribution in [0.2, 0.25) is 0 Å². The van der Waals surface area contributed by atoms with Crippen LogP contribution in [0.15, 0.2) is 63.7 Å². The summed E-state index contributed by atoms with van der Waals surface area (Å²) >= 11 is 4.49. The van der Waals surface area contributed by atoms with Crippen LogP contribution in [0, 0.1) is 0 Å². The molecule has 5 aromatic rings. The molecule has 0 saturated carbocycles. The second kappa shape index (κ2) is 8.05. The van der Waals surface area contributed by atoms with Crippen LogP contribution in [0.3, 0.4) is 0 Å². The highest BCUT2D eigenvalue weighted by Gasteiger charge is 2.11. The van der Waals surface area contributed by atoms with Crippen LogP contribution in [-0.4, -0.2) is 26.7 Å². The van der Waals surface area contributed by atoms with Crippen LogP contribution in [0.5, 0.6) is 5.75 Å². The van der Waals surface area contributed by atoms with Crippen LogP contribution < -0.4 is 15.6 Å². The van der Waals surface area contributed by atoms with Crippen molar-refractivity contribution in [2.75, 3.05) is 12.4 Å². The van der Waals surface area contributed by atoms with E-state index in [1.165, 1.54) is 34.4 Å². The average Bonchev–Trinajstić information content (AvgIpc) is 3.37. The van der Waals surface area contributed by atoms with Gasteiger partial charge in [-0.2, -0.15) is 0 Å². The molecule has 0 atom stereocenters. The van der Waals surface area contributed by atoms with Crippen LogP contribution >= 0.6 is 34.4 Å². The fourth-order valence-electron chi connectivity index (χ4n) is 2.95. The first kappa shape index (κ1) is 19.0. The average molecular weight is 454 g/mol. The molecule has 2 aromatic carbocycles. The molecule has 30 heavy (non-hydrogen) atoms. The van der Waals surface area contributed by atoms with Gasteiger partial charge < -0.3 is 10.1 Å². The highest BCUT2D eigenvalue weighted by Crippen LogP contribution is 2.30. The molecule has 3 aromatic heterocycles. The first-order valence-corrected chi connectivity index (χ1v) is 11.6. The van der Waals surface area contributed by atoms with E-state index >= 15 is 0 Å². The van der Waals surface area contributed by atoms with Crippen molar-refractivity contribution in [3.63, 3.8) is 0 Å². The van der Waals surface area contributed by atoms with Gasteiger partial charge in [-0.25, -0.2) is 4.98 Å². The third kappa shape index (κ3) is 3.76. The Balaban J connectivity index is 1.31. The first-order chi connectivity index (χ1) is 14.7. The fraction of sp³-hybridized carbons (Fsp3) is 0.100. The highest BCUT2D eigenvalue weighted by atomic mass is 32.2. The van der Waals surface area contributed by atoms with E-state index in [1.54, 1.807) is 17.6 Å². The molecule has 0 amide bonds. The van der Waals surface area contributed by atoms with Crippen LogP contribution in [0.25, 0.3) is 15.2 Å². The molecule has 1 N–H and O–H groups in total. The smallest absolute Gasteiger partial charge is 0.259 e. The van der Waals surface area contributed by atoms with Gasteiger partial charge in [0.15, 0.2) is 9.30 Å². The van der Waals surface area contributed by atoms with E-state index in [0.29, 0.717) is 15.8 Å². The van der Waals surface area contributed by atoms with E-state index in [1.807, 2.05) is 48.5 Å². The van der Waals surface area contributed by atoms with Crippen molar-refractivity contribution in [3.8, 4) is 5.75 Å². The van der Waals surface area contributed by atoms with E-state index in [4.69, 9.17) is 4.74 Å². The predicted octanol–water partition coefficient (Wildman–Crippen LogP) is 4.81. The van der Waals surface area contributed by atoms with E-state index < -0.39 is 0 Å². The maximum Gasteiger partial charge on any atom is 0.259 e. The van der Waals surface area contributed by atoms with Crippen molar-refractivity contribution in [2.45, 2.75) is 10.1 Å². The largest absolute Gasteiger partial charge is 0.497 e. The van der Waals surface area contributed by atoms with Gasteiger partial charge in [-0.1, -0.05) is 46.6 Å². The predicted molar refractivity (Wildman–Crippen MR) is 123 cm³/mol. The minimum Gasteiger partial charge on any atom is -0.497 e. The number of nitrogens with zero attached hydrogens (tertiary/aromatic N) is 4.